The number of hydrogen-bond acceptors (Lipinski definition) is 3. The average Bonchev–Trinajstić information content (AvgIpc) is 2.36. The fourth-order valence-electron chi connectivity index (χ4n) is 1.70. The molecule has 0 aromatic heterocycles. The Hall–Kier alpha value is -2.27. The molecule has 0 fully saturated rings. The SMILES string of the molecule is Cc1ccc(F)cc1Oc1c(Cl)cc(N)cc1C(N)=O. The summed E-state index contributed by atoms with van der Waals surface area (Å²) in [4.78, 5) is 11.4. The number of hydrogen-bond donors (Lipinski definition) is 2. The molecule has 2 aromatic rings. The quantitative estimate of drug-likeness (QED) is 0.853. The Labute approximate surface area is 120 Å². The van der Waals surface area contributed by atoms with Gasteiger partial charge in [-0.25, -0.2) is 4.39 Å². The lowest BCUT2D eigenvalue weighted by Gasteiger charge is -2.13. The Morgan fingerprint density at radius 2 is 2.00 bits per heavy atom. The van der Waals surface area contributed by atoms with Crippen LogP contribution in [0, 0.1) is 12.7 Å². The minimum Gasteiger partial charge on any atom is -0.455 e. The third-order valence-corrected chi connectivity index (χ3v) is 2.97. The molecule has 0 heterocycles. The summed E-state index contributed by atoms with van der Waals surface area (Å²) in [6, 6.07) is 6.85. The topological polar surface area (TPSA) is 78.3 Å². The first-order valence-corrected chi connectivity index (χ1v) is 6.09. The number of halogens is 2. The maximum Gasteiger partial charge on any atom is 0.252 e. The van der Waals surface area contributed by atoms with Crippen molar-refractivity contribution < 1.29 is 13.9 Å². The van der Waals surface area contributed by atoms with E-state index in [2.05, 4.69) is 0 Å². The smallest absolute Gasteiger partial charge is 0.252 e. The summed E-state index contributed by atoms with van der Waals surface area (Å²) in [5.74, 6) is -0.887. The molecule has 0 aliphatic carbocycles. The maximum atomic E-state index is 13.2. The molecular formula is C14H12ClFN2O2. The molecule has 0 bridgehead atoms. The van der Waals surface area contributed by atoms with Crippen molar-refractivity contribution in [2.24, 2.45) is 5.73 Å². The Bertz CT molecular complexity index is 689. The molecule has 0 atom stereocenters. The number of ether oxygens (including phenoxy) is 1. The standard InChI is InChI=1S/C14H12ClFN2O2/c1-7-2-3-8(16)4-12(7)20-13-10(14(18)19)5-9(17)6-11(13)15/h2-6H,17H2,1H3,(H2,18,19). The van der Waals surface area contributed by atoms with Gasteiger partial charge in [-0.3, -0.25) is 4.79 Å². The van der Waals surface area contributed by atoms with Crippen LogP contribution in [0.3, 0.4) is 0 Å². The van der Waals surface area contributed by atoms with Crippen LogP contribution in [-0.4, -0.2) is 5.91 Å². The molecule has 0 aliphatic rings. The van der Waals surface area contributed by atoms with Crippen molar-refractivity contribution in [3.8, 4) is 11.5 Å². The van der Waals surface area contributed by atoms with E-state index in [0.717, 1.165) is 0 Å². The molecule has 2 aromatic carbocycles. The highest BCUT2D eigenvalue weighted by Gasteiger charge is 2.16. The number of anilines is 1. The summed E-state index contributed by atoms with van der Waals surface area (Å²) in [6.07, 6.45) is 0. The summed E-state index contributed by atoms with van der Waals surface area (Å²) in [7, 11) is 0. The Balaban J connectivity index is 2.53. The first-order valence-electron chi connectivity index (χ1n) is 5.71. The van der Waals surface area contributed by atoms with Gasteiger partial charge in [0.05, 0.1) is 10.6 Å². The van der Waals surface area contributed by atoms with Gasteiger partial charge in [0.25, 0.3) is 5.91 Å². The second-order valence-electron chi connectivity index (χ2n) is 4.26. The number of nitrogen functional groups attached to an aromatic ring is 1. The lowest BCUT2D eigenvalue weighted by Crippen LogP contribution is -2.13. The zero-order valence-electron chi connectivity index (χ0n) is 10.6. The number of primary amides is 1. The number of nitrogens with two attached hydrogens (primary N) is 2. The molecule has 0 spiro atoms. The largest absolute Gasteiger partial charge is 0.455 e. The molecule has 4 N–H and O–H groups in total. The highest BCUT2D eigenvalue weighted by Crippen LogP contribution is 2.36. The van der Waals surface area contributed by atoms with Crippen molar-refractivity contribution in [2.45, 2.75) is 6.92 Å². The molecule has 6 heteroatoms. The fraction of sp³-hybridized carbons (Fsp3) is 0.0714. The van der Waals surface area contributed by atoms with Gasteiger partial charge in [-0.15, -0.1) is 0 Å². The van der Waals surface area contributed by atoms with Gasteiger partial charge in [0.1, 0.15) is 11.6 Å². The van der Waals surface area contributed by atoms with Crippen LogP contribution in [0.2, 0.25) is 5.02 Å². The first kappa shape index (κ1) is 14.1. The third kappa shape index (κ3) is 2.83. The summed E-state index contributed by atoms with van der Waals surface area (Å²) in [5.41, 5.74) is 11.9. The number of aryl methyl sites for hydroxylation is 1. The number of carbonyl (C=O) groups excluding carboxylic acids is 1. The molecule has 0 radical (unpaired) electrons. The van der Waals surface area contributed by atoms with Crippen molar-refractivity contribution in [1.82, 2.24) is 0 Å². The average molecular weight is 295 g/mol. The van der Waals surface area contributed by atoms with E-state index in [1.54, 1.807) is 13.0 Å². The molecule has 20 heavy (non-hydrogen) atoms. The lowest BCUT2D eigenvalue weighted by atomic mass is 10.1. The van der Waals surface area contributed by atoms with Crippen LogP contribution in [0.1, 0.15) is 15.9 Å². The highest BCUT2D eigenvalue weighted by molar-refractivity contribution is 6.33. The van der Waals surface area contributed by atoms with E-state index in [9.17, 15) is 9.18 Å². The lowest BCUT2D eigenvalue weighted by molar-refractivity contribution is 0.0998. The van der Waals surface area contributed by atoms with E-state index >= 15 is 0 Å². The Morgan fingerprint density at radius 1 is 1.30 bits per heavy atom. The minimum absolute atomic E-state index is 0.0404. The van der Waals surface area contributed by atoms with Gasteiger partial charge in [0.15, 0.2) is 5.75 Å². The summed E-state index contributed by atoms with van der Waals surface area (Å²) in [6.45, 7) is 1.74. The minimum atomic E-state index is -0.733. The maximum absolute atomic E-state index is 13.2. The molecule has 0 saturated carbocycles. The molecular weight excluding hydrogens is 283 g/mol. The molecule has 0 saturated heterocycles. The highest BCUT2D eigenvalue weighted by atomic mass is 35.5. The van der Waals surface area contributed by atoms with E-state index in [0.29, 0.717) is 5.56 Å². The Kier molecular flexibility index (Phi) is 3.81. The van der Waals surface area contributed by atoms with E-state index in [1.807, 2.05) is 0 Å². The van der Waals surface area contributed by atoms with Crippen LogP contribution in [0.25, 0.3) is 0 Å². The first-order chi connectivity index (χ1) is 9.38. The second-order valence-corrected chi connectivity index (χ2v) is 4.66. The monoisotopic (exact) mass is 294 g/mol. The van der Waals surface area contributed by atoms with Gasteiger partial charge in [0, 0.05) is 11.8 Å². The summed E-state index contributed by atoms with van der Waals surface area (Å²) < 4.78 is 18.8. The van der Waals surface area contributed by atoms with Gasteiger partial charge >= 0.3 is 0 Å². The van der Waals surface area contributed by atoms with Gasteiger partial charge in [0.2, 0.25) is 0 Å². The number of benzene rings is 2. The number of carbonyl (C=O) groups is 1. The van der Waals surface area contributed by atoms with E-state index in [-0.39, 0.29) is 27.8 Å². The van der Waals surface area contributed by atoms with E-state index < -0.39 is 11.7 Å². The van der Waals surface area contributed by atoms with E-state index in [4.69, 9.17) is 27.8 Å². The van der Waals surface area contributed by atoms with Crippen molar-refractivity contribution in [2.75, 3.05) is 5.73 Å². The molecule has 0 unspecified atom stereocenters. The molecule has 2 rings (SSSR count). The fourth-order valence-corrected chi connectivity index (χ4v) is 1.96. The molecule has 1 amide bonds. The van der Waals surface area contributed by atoms with Crippen molar-refractivity contribution >= 4 is 23.2 Å². The van der Waals surface area contributed by atoms with Crippen LogP contribution < -0.4 is 16.2 Å². The van der Waals surface area contributed by atoms with Gasteiger partial charge in [-0.1, -0.05) is 17.7 Å². The molecule has 104 valence electrons. The predicted octanol–water partition coefficient (Wildman–Crippen LogP) is 3.26. The van der Waals surface area contributed by atoms with Crippen molar-refractivity contribution in [3.63, 3.8) is 0 Å². The van der Waals surface area contributed by atoms with Crippen LogP contribution in [0.5, 0.6) is 11.5 Å². The van der Waals surface area contributed by atoms with Gasteiger partial charge in [-0.05, 0) is 30.7 Å². The number of rotatable bonds is 3. The van der Waals surface area contributed by atoms with Crippen molar-refractivity contribution in [1.29, 1.82) is 0 Å². The number of amides is 1. The zero-order chi connectivity index (χ0) is 14.9. The van der Waals surface area contributed by atoms with Gasteiger partial charge in [-0.2, -0.15) is 0 Å². The predicted molar refractivity (Wildman–Crippen MR) is 75.6 cm³/mol. The van der Waals surface area contributed by atoms with Crippen LogP contribution in [0.15, 0.2) is 30.3 Å². The molecule has 4 nitrogen and oxygen atoms in total. The summed E-state index contributed by atoms with van der Waals surface area (Å²) >= 11 is 6.01. The van der Waals surface area contributed by atoms with Crippen LogP contribution >= 0.6 is 11.6 Å². The second kappa shape index (κ2) is 5.38. The Morgan fingerprint density at radius 3 is 2.65 bits per heavy atom. The van der Waals surface area contributed by atoms with Gasteiger partial charge < -0.3 is 16.2 Å². The summed E-state index contributed by atoms with van der Waals surface area (Å²) in [5, 5.41) is 0.127. The zero-order valence-corrected chi connectivity index (χ0v) is 11.4. The van der Waals surface area contributed by atoms with Crippen LogP contribution in [-0.2, 0) is 0 Å². The normalized spacial score (nSPS) is 10.3. The molecule has 0 aliphatic heterocycles. The van der Waals surface area contributed by atoms with Crippen LogP contribution in [0.4, 0.5) is 10.1 Å². The van der Waals surface area contributed by atoms with Crippen molar-refractivity contribution in [3.05, 3.63) is 52.3 Å². The van der Waals surface area contributed by atoms with E-state index in [1.165, 1.54) is 24.3 Å². The third-order valence-electron chi connectivity index (χ3n) is 2.69.